The molecule has 1 fully saturated rings. The third kappa shape index (κ3) is 4.75. The summed E-state index contributed by atoms with van der Waals surface area (Å²) < 4.78 is 6.42. The molecule has 1 aliphatic heterocycles. The van der Waals surface area contributed by atoms with Crippen LogP contribution in [0, 0.1) is 0 Å². The maximum Gasteiger partial charge on any atom is 0.262 e. The van der Waals surface area contributed by atoms with Crippen molar-refractivity contribution in [2.24, 2.45) is 5.10 Å². The number of hydrazone groups is 1. The van der Waals surface area contributed by atoms with Crippen molar-refractivity contribution >= 4 is 27.5 Å². The normalized spacial score (nSPS) is 16.9. The summed E-state index contributed by atoms with van der Waals surface area (Å²) in [6.07, 6.45) is 3.40. The molecule has 136 valence electrons. The standard InChI is InChI=1S/C19H21BrN4O2/c1-14(15-2-4-17(20)5-3-15)22-23-19(25)18(16-6-8-21-9-7-16)24-10-12-26-13-11-24/h2-9,18H,10-13H2,1H3,(H,23,25)/b22-14-/t18-/m1/s1. The molecule has 1 amide bonds. The SMILES string of the molecule is C/C(=N/NC(=O)[C@@H](c1ccncc1)N1CCOCC1)c1ccc(Br)cc1. The van der Waals surface area contributed by atoms with Gasteiger partial charge in [-0.1, -0.05) is 28.1 Å². The highest BCUT2D eigenvalue weighted by atomic mass is 79.9. The average molecular weight is 417 g/mol. The van der Waals surface area contributed by atoms with Gasteiger partial charge in [-0.3, -0.25) is 14.7 Å². The molecular weight excluding hydrogens is 396 g/mol. The van der Waals surface area contributed by atoms with Crippen LogP contribution in [0.4, 0.5) is 0 Å². The topological polar surface area (TPSA) is 66.8 Å². The van der Waals surface area contributed by atoms with E-state index in [4.69, 9.17) is 4.74 Å². The number of nitrogens with zero attached hydrogens (tertiary/aromatic N) is 3. The Morgan fingerprint density at radius 3 is 2.50 bits per heavy atom. The Balaban J connectivity index is 1.76. The van der Waals surface area contributed by atoms with Gasteiger partial charge in [0.15, 0.2) is 0 Å². The number of pyridine rings is 1. The first-order valence-electron chi connectivity index (χ1n) is 8.47. The molecule has 0 unspecified atom stereocenters. The van der Waals surface area contributed by atoms with E-state index in [1.807, 2.05) is 43.3 Å². The summed E-state index contributed by atoms with van der Waals surface area (Å²) in [6.45, 7) is 4.53. The van der Waals surface area contributed by atoms with Crippen molar-refractivity contribution in [2.75, 3.05) is 26.3 Å². The molecule has 0 bridgehead atoms. The number of hydrogen-bond acceptors (Lipinski definition) is 5. The van der Waals surface area contributed by atoms with Gasteiger partial charge < -0.3 is 4.74 Å². The average Bonchev–Trinajstić information content (AvgIpc) is 2.68. The Hall–Kier alpha value is -2.09. The van der Waals surface area contributed by atoms with E-state index in [0.29, 0.717) is 26.3 Å². The number of morpholine rings is 1. The number of hydrogen-bond donors (Lipinski definition) is 1. The predicted molar refractivity (Wildman–Crippen MR) is 104 cm³/mol. The molecule has 1 aromatic heterocycles. The van der Waals surface area contributed by atoms with Crippen molar-refractivity contribution in [3.8, 4) is 0 Å². The smallest absolute Gasteiger partial charge is 0.262 e. The monoisotopic (exact) mass is 416 g/mol. The van der Waals surface area contributed by atoms with Gasteiger partial charge in [-0.2, -0.15) is 5.10 Å². The van der Waals surface area contributed by atoms with E-state index in [1.165, 1.54) is 0 Å². The molecule has 1 saturated heterocycles. The van der Waals surface area contributed by atoms with Crippen LogP contribution in [0.1, 0.15) is 24.1 Å². The number of rotatable bonds is 5. The van der Waals surface area contributed by atoms with Gasteiger partial charge in [0.2, 0.25) is 0 Å². The van der Waals surface area contributed by atoms with E-state index in [9.17, 15) is 4.79 Å². The maximum absolute atomic E-state index is 12.9. The minimum absolute atomic E-state index is 0.158. The molecule has 1 aromatic carbocycles. The number of benzene rings is 1. The van der Waals surface area contributed by atoms with Gasteiger partial charge in [0, 0.05) is 30.0 Å². The second kappa shape index (κ2) is 9.02. The highest BCUT2D eigenvalue weighted by molar-refractivity contribution is 9.10. The molecule has 1 aliphatic rings. The molecule has 0 radical (unpaired) electrons. The van der Waals surface area contributed by atoms with Crippen LogP contribution in [-0.2, 0) is 9.53 Å². The number of halogens is 1. The van der Waals surface area contributed by atoms with Crippen molar-refractivity contribution < 1.29 is 9.53 Å². The minimum Gasteiger partial charge on any atom is -0.379 e. The van der Waals surface area contributed by atoms with Crippen LogP contribution < -0.4 is 5.43 Å². The lowest BCUT2D eigenvalue weighted by Crippen LogP contribution is -2.45. The van der Waals surface area contributed by atoms with E-state index >= 15 is 0 Å². The Morgan fingerprint density at radius 1 is 1.19 bits per heavy atom. The summed E-state index contributed by atoms with van der Waals surface area (Å²) in [5.74, 6) is -0.158. The molecule has 6 nitrogen and oxygen atoms in total. The third-order valence-corrected chi connectivity index (χ3v) is 4.81. The van der Waals surface area contributed by atoms with Gasteiger partial charge in [-0.05, 0) is 42.3 Å². The number of carbonyl (C=O) groups is 1. The Kier molecular flexibility index (Phi) is 6.49. The summed E-state index contributed by atoms with van der Waals surface area (Å²) in [7, 11) is 0. The molecule has 3 rings (SSSR count). The van der Waals surface area contributed by atoms with Gasteiger partial charge in [0.1, 0.15) is 6.04 Å². The van der Waals surface area contributed by atoms with Crippen molar-refractivity contribution in [1.29, 1.82) is 0 Å². The van der Waals surface area contributed by atoms with Crippen LogP contribution in [-0.4, -0.2) is 47.8 Å². The third-order valence-electron chi connectivity index (χ3n) is 4.28. The van der Waals surface area contributed by atoms with Gasteiger partial charge >= 0.3 is 0 Å². The first kappa shape index (κ1) is 18.7. The first-order chi connectivity index (χ1) is 12.6. The second-order valence-electron chi connectivity index (χ2n) is 6.01. The lowest BCUT2D eigenvalue weighted by Gasteiger charge is -2.33. The zero-order chi connectivity index (χ0) is 18.4. The number of carbonyl (C=O) groups excluding carboxylic acids is 1. The fourth-order valence-electron chi connectivity index (χ4n) is 2.87. The zero-order valence-electron chi connectivity index (χ0n) is 14.6. The lowest BCUT2D eigenvalue weighted by atomic mass is 10.1. The molecule has 2 aromatic rings. The van der Waals surface area contributed by atoms with Crippen molar-refractivity contribution in [3.63, 3.8) is 0 Å². The summed E-state index contributed by atoms with van der Waals surface area (Å²) >= 11 is 3.42. The summed E-state index contributed by atoms with van der Waals surface area (Å²) in [5.41, 5.74) is 5.33. The van der Waals surface area contributed by atoms with E-state index < -0.39 is 6.04 Å². The minimum atomic E-state index is -0.414. The molecule has 7 heteroatoms. The molecule has 1 atom stereocenters. The maximum atomic E-state index is 12.9. The Bertz CT molecular complexity index is 759. The van der Waals surface area contributed by atoms with Crippen LogP contribution in [0.25, 0.3) is 0 Å². The fraction of sp³-hybridized carbons (Fsp3) is 0.316. The first-order valence-corrected chi connectivity index (χ1v) is 9.26. The number of amides is 1. The van der Waals surface area contributed by atoms with Crippen molar-refractivity contribution in [1.82, 2.24) is 15.3 Å². The molecule has 2 heterocycles. The lowest BCUT2D eigenvalue weighted by molar-refractivity contribution is -0.128. The summed E-state index contributed by atoms with van der Waals surface area (Å²) in [4.78, 5) is 19.1. The molecule has 0 saturated carbocycles. The zero-order valence-corrected chi connectivity index (χ0v) is 16.1. The van der Waals surface area contributed by atoms with Crippen LogP contribution in [0.5, 0.6) is 0 Å². The summed E-state index contributed by atoms with van der Waals surface area (Å²) in [5, 5.41) is 4.29. The molecule has 26 heavy (non-hydrogen) atoms. The van der Waals surface area contributed by atoms with Crippen LogP contribution in [0.3, 0.4) is 0 Å². The number of aromatic nitrogens is 1. The van der Waals surface area contributed by atoms with Crippen molar-refractivity contribution in [2.45, 2.75) is 13.0 Å². The number of nitrogens with one attached hydrogen (secondary N) is 1. The largest absolute Gasteiger partial charge is 0.379 e. The molecule has 0 spiro atoms. The molecule has 1 N–H and O–H groups in total. The van der Waals surface area contributed by atoms with Crippen LogP contribution in [0.2, 0.25) is 0 Å². The van der Waals surface area contributed by atoms with Gasteiger partial charge in [-0.25, -0.2) is 5.43 Å². The fourth-order valence-corrected chi connectivity index (χ4v) is 3.13. The van der Waals surface area contributed by atoms with E-state index in [2.05, 4.69) is 36.3 Å². The predicted octanol–water partition coefficient (Wildman–Crippen LogP) is 2.76. The molecular formula is C19H21BrN4O2. The Labute approximate surface area is 161 Å². The second-order valence-corrected chi connectivity index (χ2v) is 6.93. The van der Waals surface area contributed by atoms with Crippen molar-refractivity contribution in [3.05, 3.63) is 64.4 Å². The van der Waals surface area contributed by atoms with E-state index in [-0.39, 0.29) is 5.91 Å². The summed E-state index contributed by atoms with van der Waals surface area (Å²) in [6, 6.07) is 11.1. The number of ether oxygens (including phenoxy) is 1. The quantitative estimate of drug-likeness (QED) is 0.600. The Morgan fingerprint density at radius 2 is 1.85 bits per heavy atom. The van der Waals surface area contributed by atoms with Gasteiger partial charge in [-0.15, -0.1) is 0 Å². The highest BCUT2D eigenvalue weighted by Gasteiger charge is 2.29. The van der Waals surface area contributed by atoms with Crippen LogP contribution in [0.15, 0.2) is 58.4 Å². The van der Waals surface area contributed by atoms with Gasteiger partial charge in [0.25, 0.3) is 5.91 Å². The van der Waals surface area contributed by atoms with Gasteiger partial charge in [0.05, 0.1) is 18.9 Å². The van der Waals surface area contributed by atoms with E-state index in [1.54, 1.807) is 12.4 Å². The highest BCUT2D eigenvalue weighted by Crippen LogP contribution is 2.21. The molecule has 0 aliphatic carbocycles. The van der Waals surface area contributed by atoms with E-state index in [0.717, 1.165) is 21.3 Å². The van der Waals surface area contributed by atoms with Crippen LogP contribution >= 0.6 is 15.9 Å².